The fraction of sp³-hybridized carbons (Fsp3) is 0.176. The van der Waals surface area contributed by atoms with E-state index in [1.165, 1.54) is 6.92 Å². The molecular formula is C17H13NO4. The van der Waals surface area contributed by atoms with Gasteiger partial charge in [0, 0.05) is 18.1 Å². The van der Waals surface area contributed by atoms with Gasteiger partial charge in [-0.3, -0.25) is 9.53 Å². The van der Waals surface area contributed by atoms with Crippen LogP contribution in [0.15, 0.2) is 48.5 Å². The summed E-state index contributed by atoms with van der Waals surface area (Å²) < 4.78 is 5.53. The van der Waals surface area contributed by atoms with Crippen LogP contribution in [0.25, 0.3) is 11.1 Å². The fourth-order valence-electron chi connectivity index (χ4n) is 2.33. The average Bonchev–Trinajstić information content (AvgIpc) is 2.98. The van der Waals surface area contributed by atoms with Crippen LogP contribution >= 0.6 is 0 Å². The lowest BCUT2D eigenvalue weighted by molar-refractivity contribution is -0.312. The highest BCUT2D eigenvalue weighted by atomic mass is 17.3. The van der Waals surface area contributed by atoms with Gasteiger partial charge in [-0.05, 0) is 11.1 Å². The predicted octanol–water partition coefficient (Wildman–Crippen LogP) is 3.38. The number of nitrogens with zero attached hydrogens (tertiary/aromatic N) is 1. The van der Waals surface area contributed by atoms with Crippen molar-refractivity contribution in [1.82, 2.24) is 0 Å². The molecule has 0 saturated carbocycles. The van der Waals surface area contributed by atoms with Crippen LogP contribution in [-0.4, -0.2) is 12.1 Å². The van der Waals surface area contributed by atoms with Gasteiger partial charge in [-0.1, -0.05) is 48.5 Å². The standard InChI is InChI=1S/C17H13NO4/c1-17(11-18)20-16(21-22-17)15-9-5-4-8-14(15)13-7-3-2-6-12(13)10-19/h2-10,16H,1H3. The fourth-order valence-corrected chi connectivity index (χ4v) is 2.33. The molecule has 1 fully saturated rings. The van der Waals surface area contributed by atoms with Crippen molar-refractivity contribution >= 4 is 6.29 Å². The van der Waals surface area contributed by atoms with Crippen molar-refractivity contribution in [3.63, 3.8) is 0 Å². The van der Waals surface area contributed by atoms with Gasteiger partial charge < -0.3 is 0 Å². The van der Waals surface area contributed by atoms with E-state index in [0.717, 1.165) is 17.4 Å². The summed E-state index contributed by atoms with van der Waals surface area (Å²) >= 11 is 0. The summed E-state index contributed by atoms with van der Waals surface area (Å²) in [7, 11) is 0. The number of hydrogen-bond acceptors (Lipinski definition) is 5. The van der Waals surface area contributed by atoms with Crippen molar-refractivity contribution in [3.05, 3.63) is 59.7 Å². The maximum atomic E-state index is 11.3. The van der Waals surface area contributed by atoms with Crippen LogP contribution in [0.1, 0.15) is 29.1 Å². The summed E-state index contributed by atoms with van der Waals surface area (Å²) in [6.07, 6.45) is -0.0289. The molecule has 2 unspecified atom stereocenters. The first-order valence-corrected chi connectivity index (χ1v) is 6.74. The topological polar surface area (TPSA) is 68.5 Å². The van der Waals surface area contributed by atoms with Gasteiger partial charge in [0.15, 0.2) is 6.29 Å². The smallest absolute Gasteiger partial charge is 0.289 e. The number of aldehydes is 1. The van der Waals surface area contributed by atoms with Gasteiger partial charge in [-0.25, -0.2) is 0 Å². The van der Waals surface area contributed by atoms with Crippen molar-refractivity contribution in [2.45, 2.75) is 19.0 Å². The van der Waals surface area contributed by atoms with Gasteiger partial charge in [0.2, 0.25) is 6.29 Å². The molecule has 5 heteroatoms. The SMILES string of the molecule is CC1(C#N)OOC(c2ccccc2-c2ccccc2C=O)O1. The molecule has 3 rings (SSSR count). The molecule has 2 atom stereocenters. The molecule has 110 valence electrons. The third-order valence-electron chi connectivity index (χ3n) is 3.42. The minimum atomic E-state index is -1.44. The van der Waals surface area contributed by atoms with Gasteiger partial charge in [0.25, 0.3) is 5.79 Å². The van der Waals surface area contributed by atoms with Gasteiger partial charge in [0.05, 0.1) is 0 Å². The Balaban J connectivity index is 2.05. The maximum Gasteiger partial charge on any atom is 0.289 e. The number of carbonyl (C=O) groups is 1. The number of benzene rings is 2. The Morgan fingerprint density at radius 3 is 2.50 bits per heavy atom. The molecule has 22 heavy (non-hydrogen) atoms. The molecule has 1 aliphatic rings. The van der Waals surface area contributed by atoms with Crippen LogP contribution in [0, 0.1) is 11.3 Å². The minimum Gasteiger partial charge on any atom is -0.299 e. The van der Waals surface area contributed by atoms with Crippen molar-refractivity contribution < 1.29 is 19.3 Å². The molecule has 0 aliphatic carbocycles. The third kappa shape index (κ3) is 2.51. The molecule has 0 spiro atoms. The maximum absolute atomic E-state index is 11.3. The first kappa shape index (κ1) is 14.4. The van der Waals surface area contributed by atoms with Crippen LogP contribution in [0.2, 0.25) is 0 Å². The zero-order valence-electron chi connectivity index (χ0n) is 11.9. The molecule has 2 aromatic carbocycles. The van der Waals surface area contributed by atoms with Gasteiger partial charge in [-0.2, -0.15) is 15.0 Å². The quantitative estimate of drug-likeness (QED) is 0.641. The number of ether oxygens (including phenoxy) is 1. The molecular weight excluding hydrogens is 282 g/mol. The van der Waals surface area contributed by atoms with Gasteiger partial charge >= 0.3 is 0 Å². The van der Waals surface area contributed by atoms with E-state index < -0.39 is 12.1 Å². The van der Waals surface area contributed by atoms with Crippen molar-refractivity contribution in [2.75, 3.05) is 0 Å². The first-order valence-electron chi connectivity index (χ1n) is 6.74. The second-order valence-corrected chi connectivity index (χ2v) is 4.98. The highest BCUT2D eigenvalue weighted by Crippen LogP contribution is 2.39. The van der Waals surface area contributed by atoms with Gasteiger partial charge in [0.1, 0.15) is 6.07 Å². The molecule has 0 amide bonds. The predicted molar refractivity (Wildman–Crippen MR) is 77.3 cm³/mol. The molecule has 0 radical (unpaired) electrons. The van der Waals surface area contributed by atoms with E-state index in [9.17, 15) is 4.79 Å². The molecule has 1 saturated heterocycles. The largest absolute Gasteiger partial charge is 0.299 e. The second kappa shape index (κ2) is 5.70. The van der Waals surface area contributed by atoms with E-state index in [4.69, 9.17) is 19.8 Å². The highest BCUT2D eigenvalue weighted by Gasteiger charge is 2.41. The lowest BCUT2D eigenvalue weighted by Gasteiger charge is -2.15. The first-order chi connectivity index (χ1) is 10.7. The Bertz CT molecular complexity index is 752. The van der Waals surface area contributed by atoms with Crippen LogP contribution in [-0.2, 0) is 14.5 Å². The Kier molecular flexibility index (Phi) is 3.73. The van der Waals surface area contributed by atoms with Crippen molar-refractivity contribution in [2.24, 2.45) is 0 Å². The zero-order chi connectivity index (χ0) is 15.6. The van der Waals surface area contributed by atoms with E-state index in [1.54, 1.807) is 12.1 Å². The van der Waals surface area contributed by atoms with E-state index in [1.807, 2.05) is 42.5 Å². The zero-order valence-corrected chi connectivity index (χ0v) is 11.9. The highest BCUT2D eigenvalue weighted by molar-refractivity contribution is 5.88. The lowest BCUT2D eigenvalue weighted by Crippen LogP contribution is -2.22. The molecule has 2 aromatic rings. The van der Waals surface area contributed by atoms with Crippen LogP contribution in [0.5, 0.6) is 0 Å². The second-order valence-electron chi connectivity index (χ2n) is 4.98. The minimum absolute atomic E-state index is 0.567. The monoisotopic (exact) mass is 295 g/mol. The van der Waals surface area contributed by atoms with Crippen LogP contribution < -0.4 is 0 Å². The summed E-state index contributed by atoms with van der Waals surface area (Å²) in [5.74, 6) is -1.44. The molecule has 0 bridgehead atoms. The van der Waals surface area contributed by atoms with Crippen molar-refractivity contribution in [3.8, 4) is 17.2 Å². The lowest BCUT2D eigenvalue weighted by atomic mass is 9.95. The number of hydrogen-bond donors (Lipinski definition) is 0. The summed E-state index contributed by atoms with van der Waals surface area (Å²) in [6, 6.07) is 16.5. The molecule has 5 nitrogen and oxygen atoms in total. The summed E-state index contributed by atoms with van der Waals surface area (Å²) in [4.78, 5) is 21.4. The van der Waals surface area contributed by atoms with Crippen LogP contribution in [0.4, 0.5) is 0 Å². The molecule has 1 aliphatic heterocycles. The number of nitriles is 1. The number of rotatable bonds is 3. The van der Waals surface area contributed by atoms with Crippen LogP contribution in [0.3, 0.4) is 0 Å². The Labute approximate surface area is 127 Å². The molecule has 0 aromatic heterocycles. The van der Waals surface area contributed by atoms with Gasteiger partial charge in [-0.15, -0.1) is 0 Å². The summed E-state index contributed by atoms with van der Waals surface area (Å²) in [6.45, 7) is 1.48. The Hall–Kier alpha value is -2.52. The number of carbonyl (C=O) groups excluding carboxylic acids is 1. The Morgan fingerprint density at radius 2 is 1.82 bits per heavy atom. The average molecular weight is 295 g/mol. The summed E-state index contributed by atoms with van der Waals surface area (Å²) in [5.41, 5.74) is 2.82. The van der Waals surface area contributed by atoms with E-state index >= 15 is 0 Å². The van der Waals surface area contributed by atoms with E-state index in [0.29, 0.717) is 11.1 Å². The third-order valence-corrected chi connectivity index (χ3v) is 3.42. The van der Waals surface area contributed by atoms with E-state index in [2.05, 4.69) is 0 Å². The van der Waals surface area contributed by atoms with E-state index in [-0.39, 0.29) is 0 Å². The summed E-state index contributed by atoms with van der Waals surface area (Å²) in [5, 5.41) is 9.03. The molecule has 0 N–H and O–H groups in total. The van der Waals surface area contributed by atoms with Crippen molar-refractivity contribution in [1.29, 1.82) is 5.26 Å². The Morgan fingerprint density at radius 1 is 1.14 bits per heavy atom. The normalized spacial score (nSPS) is 23.9. The molecule has 1 heterocycles.